The Kier molecular flexibility index (Phi) is 2.64. The average Bonchev–Trinajstić information content (AvgIpc) is 2.26. The van der Waals surface area contributed by atoms with Gasteiger partial charge in [0.2, 0.25) is 0 Å². The monoisotopic (exact) mass is 220 g/mol. The molecule has 0 amide bonds. The van der Waals surface area contributed by atoms with Gasteiger partial charge in [-0.1, -0.05) is 0 Å². The zero-order valence-electron chi connectivity index (χ0n) is 10.3. The van der Waals surface area contributed by atoms with E-state index in [1.165, 1.54) is 0 Å². The molecule has 3 atom stereocenters. The van der Waals surface area contributed by atoms with Crippen LogP contribution in [-0.2, 0) is 0 Å². The van der Waals surface area contributed by atoms with Crippen molar-refractivity contribution in [1.82, 2.24) is 5.32 Å². The van der Waals surface area contributed by atoms with Crippen LogP contribution in [0, 0.1) is 0 Å². The van der Waals surface area contributed by atoms with E-state index in [1.54, 1.807) is 0 Å². The molecule has 0 radical (unpaired) electrons. The Labute approximate surface area is 96.5 Å². The SMILES string of the molecule is CC1=NC2=C(C)C(N)C(N)C(C)=C2NC1C. The van der Waals surface area contributed by atoms with Gasteiger partial charge in [-0.3, -0.25) is 4.99 Å². The fraction of sp³-hybridized carbons (Fsp3) is 0.583. The van der Waals surface area contributed by atoms with Crippen molar-refractivity contribution in [3.05, 3.63) is 22.5 Å². The largest absolute Gasteiger partial charge is 0.376 e. The second kappa shape index (κ2) is 3.71. The predicted molar refractivity (Wildman–Crippen MR) is 67.1 cm³/mol. The summed E-state index contributed by atoms with van der Waals surface area (Å²) in [6.07, 6.45) is 0. The topological polar surface area (TPSA) is 76.4 Å². The van der Waals surface area contributed by atoms with Crippen LogP contribution in [-0.4, -0.2) is 23.8 Å². The molecule has 1 aliphatic carbocycles. The van der Waals surface area contributed by atoms with Crippen molar-refractivity contribution in [1.29, 1.82) is 0 Å². The summed E-state index contributed by atoms with van der Waals surface area (Å²) in [6, 6.07) is 0.0422. The molecule has 16 heavy (non-hydrogen) atoms. The molecule has 0 saturated carbocycles. The van der Waals surface area contributed by atoms with Crippen LogP contribution in [0.1, 0.15) is 27.7 Å². The number of hydrogen-bond donors (Lipinski definition) is 3. The zero-order chi connectivity index (χ0) is 12.0. The molecule has 1 heterocycles. The molecule has 4 heteroatoms. The maximum atomic E-state index is 6.09. The third-order valence-corrected chi connectivity index (χ3v) is 3.67. The molecule has 0 aromatic rings. The van der Waals surface area contributed by atoms with Gasteiger partial charge in [0.25, 0.3) is 0 Å². The molecular formula is C12H20N4. The lowest BCUT2D eigenvalue weighted by Crippen LogP contribution is -2.49. The van der Waals surface area contributed by atoms with Crippen molar-refractivity contribution in [2.45, 2.75) is 45.8 Å². The normalized spacial score (nSPS) is 34.6. The second-order valence-electron chi connectivity index (χ2n) is 4.76. The molecule has 88 valence electrons. The average molecular weight is 220 g/mol. The molecule has 0 aromatic carbocycles. The van der Waals surface area contributed by atoms with Crippen LogP contribution in [0.5, 0.6) is 0 Å². The van der Waals surface area contributed by atoms with Crippen LogP contribution in [0.4, 0.5) is 0 Å². The zero-order valence-corrected chi connectivity index (χ0v) is 10.3. The van der Waals surface area contributed by atoms with E-state index in [2.05, 4.69) is 17.2 Å². The van der Waals surface area contributed by atoms with E-state index in [4.69, 9.17) is 11.5 Å². The smallest absolute Gasteiger partial charge is 0.0866 e. The van der Waals surface area contributed by atoms with Gasteiger partial charge in [-0.15, -0.1) is 0 Å². The van der Waals surface area contributed by atoms with Crippen LogP contribution >= 0.6 is 0 Å². The van der Waals surface area contributed by atoms with Crippen LogP contribution < -0.4 is 16.8 Å². The van der Waals surface area contributed by atoms with E-state index in [0.29, 0.717) is 0 Å². The lowest BCUT2D eigenvalue weighted by Gasteiger charge is -2.35. The quantitative estimate of drug-likeness (QED) is 0.561. The summed E-state index contributed by atoms with van der Waals surface area (Å²) >= 11 is 0. The maximum absolute atomic E-state index is 6.09. The fourth-order valence-corrected chi connectivity index (χ4v) is 2.17. The Morgan fingerprint density at radius 1 is 1.06 bits per heavy atom. The van der Waals surface area contributed by atoms with Gasteiger partial charge in [-0.2, -0.15) is 0 Å². The first-order chi connectivity index (χ1) is 7.43. The second-order valence-corrected chi connectivity index (χ2v) is 4.76. The van der Waals surface area contributed by atoms with E-state index in [9.17, 15) is 0 Å². The third kappa shape index (κ3) is 1.49. The summed E-state index contributed by atoms with van der Waals surface area (Å²) in [5, 5.41) is 3.45. The van der Waals surface area contributed by atoms with Gasteiger partial charge < -0.3 is 16.8 Å². The summed E-state index contributed by atoms with van der Waals surface area (Å²) in [4.78, 5) is 4.64. The van der Waals surface area contributed by atoms with E-state index in [-0.39, 0.29) is 18.1 Å². The molecule has 3 unspecified atom stereocenters. The highest BCUT2D eigenvalue weighted by molar-refractivity contribution is 5.90. The first-order valence-electron chi connectivity index (χ1n) is 5.68. The Balaban J connectivity index is 2.58. The number of hydrogen-bond acceptors (Lipinski definition) is 4. The predicted octanol–water partition coefficient (Wildman–Crippen LogP) is 0.655. The van der Waals surface area contributed by atoms with Gasteiger partial charge in [-0.05, 0) is 38.8 Å². The number of aliphatic imine (C=N–C) groups is 1. The van der Waals surface area contributed by atoms with Crippen LogP contribution in [0.25, 0.3) is 0 Å². The van der Waals surface area contributed by atoms with Crippen molar-refractivity contribution in [3.63, 3.8) is 0 Å². The first kappa shape index (κ1) is 11.4. The molecule has 0 aromatic heterocycles. The highest BCUT2D eigenvalue weighted by atomic mass is 15.0. The Morgan fingerprint density at radius 2 is 1.62 bits per heavy atom. The summed E-state index contributed by atoms with van der Waals surface area (Å²) in [6.45, 7) is 8.18. The fourth-order valence-electron chi connectivity index (χ4n) is 2.17. The van der Waals surface area contributed by atoms with E-state index in [0.717, 1.165) is 28.3 Å². The van der Waals surface area contributed by atoms with E-state index in [1.807, 2.05) is 20.8 Å². The molecular weight excluding hydrogens is 200 g/mol. The number of nitrogens with two attached hydrogens (primary N) is 2. The van der Waals surface area contributed by atoms with Crippen molar-refractivity contribution in [3.8, 4) is 0 Å². The van der Waals surface area contributed by atoms with Gasteiger partial charge in [0.1, 0.15) is 0 Å². The molecule has 0 bridgehead atoms. The number of nitrogens with one attached hydrogen (secondary N) is 1. The molecule has 1 aliphatic heterocycles. The standard InChI is InChI=1S/C12H20N4/c1-5-9(13)10(14)6(2)12-11(5)15-7(3)8(4)16-12/h7,9-10,15H,13-14H2,1-4H3. The minimum absolute atomic E-state index is 0.105. The van der Waals surface area contributed by atoms with Crippen molar-refractivity contribution in [2.24, 2.45) is 16.5 Å². The minimum Gasteiger partial charge on any atom is -0.376 e. The highest BCUT2D eigenvalue weighted by Gasteiger charge is 2.32. The summed E-state index contributed by atoms with van der Waals surface area (Å²) in [7, 11) is 0. The van der Waals surface area contributed by atoms with Gasteiger partial charge in [0.15, 0.2) is 0 Å². The highest BCUT2D eigenvalue weighted by Crippen LogP contribution is 2.31. The first-order valence-corrected chi connectivity index (χ1v) is 5.68. The van der Waals surface area contributed by atoms with Crippen LogP contribution in [0.15, 0.2) is 27.5 Å². The number of rotatable bonds is 0. The van der Waals surface area contributed by atoms with Gasteiger partial charge >= 0.3 is 0 Å². The number of nitrogens with zero attached hydrogens (tertiary/aromatic N) is 1. The van der Waals surface area contributed by atoms with Crippen LogP contribution in [0.3, 0.4) is 0 Å². The van der Waals surface area contributed by atoms with Crippen molar-refractivity contribution >= 4 is 5.71 Å². The van der Waals surface area contributed by atoms with Gasteiger partial charge in [0, 0.05) is 17.8 Å². The van der Waals surface area contributed by atoms with Gasteiger partial charge in [-0.25, -0.2) is 0 Å². The summed E-state index contributed by atoms with van der Waals surface area (Å²) in [5.74, 6) is 0. The minimum atomic E-state index is -0.120. The molecule has 0 spiro atoms. The molecule has 0 saturated heterocycles. The summed E-state index contributed by atoms with van der Waals surface area (Å²) < 4.78 is 0. The Morgan fingerprint density at radius 3 is 2.25 bits per heavy atom. The molecule has 2 rings (SSSR count). The molecule has 2 aliphatic rings. The lowest BCUT2D eigenvalue weighted by molar-refractivity contribution is 0.592. The summed E-state index contributed by atoms with van der Waals surface area (Å²) in [5.41, 5.74) is 17.5. The van der Waals surface area contributed by atoms with E-state index < -0.39 is 0 Å². The molecule has 4 nitrogen and oxygen atoms in total. The molecule has 5 N–H and O–H groups in total. The lowest BCUT2D eigenvalue weighted by atomic mass is 9.86. The van der Waals surface area contributed by atoms with E-state index >= 15 is 0 Å². The third-order valence-electron chi connectivity index (χ3n) is 3.67. The Bertz CT molecular complexity index is 417. The Hall–Kier alpha value is -1.13. The number of fused-ring (bicyclic) bond motifs is 1. The van der Waals surface area contributed by atoms with Crippen molar-refractivity contribution < 1.29 is 0 Å². The van der Waals surface area contributed by atoms with Gasteiger partial charge in [0.05, 0.1) is 17.4 Å². The maximum Gasteiger partial charge on any atom is 0.0866 e. The van der Waals surface area contributed by atoms with Crippen molar-refractivity contribution in [2.75, 3.05) is 0 Å². The molecule has 0 fully saturated rings. The van der Waals surface area contributed by atoms with Crippen LogP contribution in [0.2, 0.25) is 0 Å².